The van der Waals surface area contributed by atoms with Crippen LogP contribution in [0.2, 0.25) is 0 Å². The zero-order valence-electron chi connectivity index (χ0n) is 15.2. The number of nitrogens with one attached hydrogen (secondary N) is 2. The van der Waals surface area contributed by atoms with E-state index >= 15 is 0 Å². The Morgan fingerprint density at radius 2 is 1.77 bits per heavy atom. The van der Waals surface area contributed by atoms with Crippen LogP contribution >= 0.6 is 0 Å². The Labute approximate surface area is 156 Å². The minimum atomic E-state index is 0.0719. The second-order valence-corrected chi connectivity index (χ2v) is 6.86. The first-order valence-corrected chi connectivity index (χ1v) is 9.57. The second kappa shape index (κ2) is 9.97. The predicted molar refractivity (Wildman–Crippen MR) is 106 cm³/mol. The number of ether oxygens (including phenoxy) is 1. The first-order chi connectivity index (χ1) is 12.8. The first kappa shape index (κ1) is 18.5. The molecule has 4 heteroatoms. The molecule has 0 aromatic heterocycles. The van der Waals surface area contributed by atoms with Crippen molar-refractivity contribution in [1.82, 2.24) is 5.32 Å². The highest BCUT2D eigenvalue weighted by Gasteiger charge is 2.15. The fraction of sp³-hybridized carbons (Fsp3) is 0.409. The zero-order chi connectivity index (χ0) is 18.0. The molecule has 3 rings (SSSR count). The Morgan fingerprint density at radius 3 is 2.58 bits per heavy atom. The smallest absolute Gasteiger partial charge is 0.224 e. The first-order valence-electron chi connectivity index (χ1n) is 9.57. The van der Waals surface area contributed by atoms with Gasteiger partial charge in [-0.2, -0.15) is 0 Å². The molecular weight excluding hydrogens is 324 g/mol. The second-order valence-electron chi connectivity index (χ2n) is 6.86. The van der Waals surface area contributed by atoms with Gasteiger partial charge < -0.3 is 15.4 Å². The number of carbonyl (C=O) groups is 1. The largest absolute Gasteiger partial charge is 0.491 e. The number of carbonyl (C=O) groups excluding carboxylic acids is 1. The Balaban J connectivity index is 1.47. The summed E-state index contributed by atoms with van der Waals surface area (Å²) in [5, 5.41) is 6.38. The average molecular weight is 352 g/mol. The van der Waals surface area contributed by atoms with Crippen LogP contribution in [0, 0.1) is 5.92 Å². The summed E-state index contributed by atoms with van der Waals surface area (Å²) in [6, 6.07) is 17.9. The molecule has 0 unspecified atom stereocenters. The topological polar surface area (TPSA) is 50.4 Å². The highest BCUT2D eigenvalue weighted by molar-refractivity contribution is 5.92. The van der Waals surface area contributed by atoms with Crippen molar-refractivity contribution in [3.8, 4) is 5.75 Å². The van der Waals surface area contributed by atoms with Gasteiger partial charge in [0.25, 0.3) is 0 Å². The number of anilines is 1. The van der Waals surface area contributed by atoms with Crippen LogP contribution in [0.4, 0.5) is 5.69 Å². The molecule has 26 heavy (non-hydrogen) atoms. The summed E-state index contributed by atoms with van der Waals surface area (Å²) in [6.07, 6.45) is 4.73. The molecule has 2 aromatic carbocycles. The van der Waals surface area contributed by atoms with Gasteiger partial charge in [-0.25, -0.2) is 0 Å². The van der Waals surface area contributed by atoms with E-state index in [0.717, 1.165) is 37.4 Å². The van der Waals surface area contributed by atoms with Crippen molar-refractivity contribution in [1.29, 1.82) is 0 Å². The molecule has 1 saturated heterocycles. The molecule has 0 radical (unpaired) electrons. The van der Waals surface area contributed by atoms with Crippen LogP contribution in [-0.4, -0.2) is 25.6 Å². The van der Waals surface area contributed by atoms with Gasteiger partial charge in [0, 0.05) is 12.8 Å². The number of para-hydroxylation sites is 2. The molecule has 0 saturated carbocycles. The van der Waals surface area contributed by atoms with E-state index in [1.54, 1.807) is 0 Å². The summed E-state index contributed by atoms with van der Waals surface area (Å²) in [6.45, 7) is 2.74. The van der Waals surface area contributed by atoms with Gasteiger partial charge in [-0.15, -0.1) is 0 Å². The monoisotopic (exact) mass is 352 g/mol. The van der Waals surface area contributed by atoms with Gasteiger partial charge in [0.15, 0.2) is 0 Å². The van der Waals surface area contributed by atoms with Crippen molar-refractivity contribution in [3.05, 3.63) is 60.2 Å². The van der Waals surface area contributed by atoms with Crippen molar-refractivity contribution in [3.63, 3.8) is 0 Å². The number of benzene rings is 2. The number of hydrogen-bond acceptors (Lipinski definition) is 3. The van der Waals surface area contributed by atoms with Gasteiger partial charge in [-0.05, 0) is 56.0 Å². The maximum atomic E-state index is 12.3. The Kier molecular flexibility index (Phi) is 7.08. The molecule has 1 aliphatic rings. The lowest BCUT2D eigenvalue weighted by Crippen LogP contribution is -2.28. The average Bonchev–Trinajstić information content (AvgIpc) is 2.69. The van der Waals surface area contributed by atoms with Crippen molar-refractivity contribution in [2.45, 2.75) is 32.1 Å². The van der Waals surface area contributed by atoms with Crippen LogP contribution in [0.5, 0.6) is 5.75 Å². The maximum Gasteiger partial charge on any atom is 0.224 e. The van der Waals surface area contributed by atoms with E-state index in [1.165, 1.54) is 18.4 Å². The summed E-state index contributed by atoms with van der Waals surface area (Å²) < 4.78 is 5.91. The normalized spacial score (nSPS) is 14.8. The van der Waals surface area contributed by atoms with E-state index in [4.69, 9.17) is 4.74 Å². The number of piperidine rings is 1. The molecule has 1 heterocycles. The van der Waals surface area contributed by atoms with Gasteiger partial charge in [0.05, 0.1) is 12.3 Å². The molecule has 1 amide bonds. The van der Waals surface area contributed by atoms with E-state index in [1.807, 2.05) is 42.5 Å². The minimum Gasteiger partial charge on any atom is -0.491 e. The lowest BCUT2D eigenvalue weighted by Gasteiger charge is -2.22. The summed E-state index contributed by atoms with van der Waals surface area (Å²) in [5.41, 5.74) is 2.01. The third-order valence-electron chi connectivity index (χ3n) is 4.89. The molecule has 0 spiro atoms. The van der Waals surface area contributed by atoms with E-state index < -0.39 is 0 Å². The molecule has 138 valence electrons. The fourth-order valence-electron chi connectivity index (χ4n) is 3.34. The van der Waals surface area contributed by atoms with Gasteiger partial charge in [0.1, 0.15) is 5.75 Å². The van der Waals surface area contributed by atoms with Gasteiger partial charge >= 0.3 is 0 Å². The van der Waals surface area contributed by atoms with Crippen molar-refractivity contribution >= 4 is 11.6 Å². The van der Waals surface area contributed by atoms with E-state index in [0.29, 0.717) is 18.9 Å². The van der Waals surface area contributed by atoms with E-state index in [2.05, 4.69) is 22.8 Å². The molecule has 4 nitrogen and oxygen atoms in total. The number of rotatable bonds is 8. The number of hydrogen-bond donors (Lipinski definition) is 2. The van der Waals surface area contributed by atoms with E-state index in [-0.39, 0.29) is 5.91 Å². The summed E-state index contributed by atoms with van der Waals surface area (Å²) >= 11 is 0. The standard InChI is InChI=1S/C22H28N2O2/c25-22(11-10-19-12-15-23-16-13-19)24-20-8-4-5-9-21(20)26-17-14-18-6-2-1-3-7-18/h1-9,19,23H,10-17H2,(H,24,25). The van der Waals surface area contributed by atoms with Crippen molar-refractivity contribution in [2.24, 2.45) is 5.92 Å². The molecule has 1 aliphatic heterocycles. The Morgan fingerprint density at radius 1 is 1.04 bits per heavy atom. The van der Waals surface area contributed by atoms with Gasteiger partial charge in [-0.1, -0.05) is 42.5 Å². The van der Waals surface area contributed by atoms with Crippen LogP contribution in [0.15, 0.2) is 54.6 Å². The summed E-state index contributed by atoms with van der Waals surface area (Å²) in [5.74, 6) is 1.47. The van der Waals surface area contributed by atoms with Crippen LogP contribution in [0.25, 0.3) is 0 Å². The quantitative estimate of drug-likeness (QED) is 0.754. The third kappa shape index (κ3) is 5.88. The number of amides is 1. The minimum absolute atomic E-state index is 0.0719. The Hall–Kier alpha value is -2.33. The third-order valence-corrected chi connectivity index (χ3v) is 4.89. The van der Waals surface area contributed by atoms with Crippen LogP contribution in [0.1, 0.15) is 31.2 Å². The summed E-state index contributed by atoms with van der Waals surface area (Å²) in [7, 11) is 0. The highest BCUT2D eigenvalue weighted by Crippen LogP contribution is 2.25. The molecule has 2 aromatic rings. The highest BCUT2D eigenvalue weighted by atomic mass is 16.5. The molecule has 2 N–H and O–H groups in total. The molecule has 1 fully saturated rings. The SMILES string of the molecule is O=C(CCC1CCNCC1)Nc1ccccc1OCCc1ccccc1. The lowest BCUT2D eigenvalue weighted by atomic mass is 9.93. The van der Waals surface area contributed by atoms with Gasteiger partial charge in [0.2, 0.25) is 5.91 Å². The molecular formula is C22H28N2O2. The van der Waals surface area contributed by atoms with Crippen molar-refractivity contribution in [2.75, 3.05) is 25.0 Å². The molecule has 0 bridgehead atoms. The van der Waals surface area contributed by atoms with E-state index in [9.17, 15) is 4.79 Å². The lowest BCUT2D eigenvalue weighted by molar-refractivity contribution is -0.116. The molecule has 0 atom stereocenters. The fourth-order valence-corrected chi connectivity index (χ4v) is 3.34. The molecule has 0 aliphatic carbocycles. The zero-order valence-corrected chi connectivity index (χ0v) is 15.2. The summed E-state index contributed by atoms with van der Waals surface area (Å²) in [4.78, 5) is 12.3. The van der Waals surface area contributed by atoms with Crippen molar-refractivity contribution < 1.29 is 9.53 Å². The van der Waals surface area contributed by atoms with Crippen LogP contribution < -0.4 is 15.4 Å². The van der Waals surface area contributed by atoms with Crippen LogP contribution in [0.3, 0.4) is 0 Å². The predicted octanol–water partition coefficient (Wildman–Crippen LogP) is 4.03. The van der Waals surface area contributed by atoms with Gasteiger partial charge in [-0.3, -0.25) is 4.79 Å². The van der Waals surface area contributed by atoms with Crippen LogP contribution in [-0.2, 0) is 11.2 Å². The Bertz CT molecular complexity index is 682. The maximum absolute atomic E-state index is 12.3.